The van der Waals surface area contributed by atoms with Gasteiger partial charge in [0.1, 0.15) is 4.21 Å². The van der Waals surface area contributed by atoms with E-state index in [0.717, 1.165) is 18.4 Å². The van der Waals surface area contributed by atoms with Crippen LogP contribution in [0.1, 0.15) is 0 Å². The summed E-state index contributed by atoms with van der Waals surface area (Å²) < 4.78 is 27.9. The van der Waals surface area contributed by atoms with E-state index in [4.69, 9.17) is 0 Å². The van der Waals surface area contributed by atoms with Crippen LogP contribution < -0.4 is 10.3 Å². The molecule has 1 aromatic rings. The molecular formula is C6H7BrN2O4S2. The van der Waals surface area contributed by atoms with Crippen molar-refractivity contribution in [2.75, 3.05) is 7.11 Å². The Hall–Kier alpha value is -0.640. The minimum atomic E-state index is -3.72. The molecule has 0 aliphatic heterocycles. The van der Waals surface area contributed by atoms with E-state index < -0.39 is 16.1 Å². The van der Waals surface area contributed by atoms with E-state index in [2.05, 4.69) is 20.7 Å². The van der Waals surface area contributed by atoms with E-state index >= 15 is 0 Å². The van der Waals surface area contributed by atoms with Gasteiger partial charge in [0, 0.05) is 0 Å². The summed E-state index contributed by atoms with van der Waals surface area (Å²) in [4.78, 5) is 12.5. The largest absolute Gasteiger partial charge is 0.452 e. The number of methoxy groups -OCH3 is 1. The van der Waals surface area contributed by atoms with E-state index in [-0.39, 0.29) is 4.21 Å². The number of ether oxygens (including phenoxy) is 1. The van der Waals surface area contributed by atoms with Crippen molar-refractivity contribution in [1.29, 1.82) is 0 Å². The van der Waals surface area contributed by atoms with Crippen LogP contribution in [-0.2, 0) is 14.8 Å². The zero-order valence-electron chi connectivity index (χ0n) is 7.48. The predicted octanol–water partition coefficient (Wildman–Crippen LogP) is 1.06. The van der Waals surface area contributed by atoms with Crippen LogP contribution in [-0.4, -0.2) is 21.6 Å². The fraction of sp³-hybridized carbons (Fsp3) is 0.167. The highest BCUT2D eigenvalue weighted by Gasteiger charge is 2.17. The summed E-state index contributed by atoms with van der Waals surface area (Å²) >= 11 is 4.16. The predicted molar refractivity (Wildman–Crippen MR) is 57.9 cm³/mol. The van der Waals surface area contributed by atoms with Gasteiger partial charge in [0.05, 0.1) is 10.9 Å². The van der Waals surface area contributed by atoms with Gasteiger partial charge in [-0.2, -0.15) is 0 Å². The molecule has 84 valence electrons. The number of nitrogens with one attached hydrogen (secondary N) is 2. The summed E-state index contributed by atoms with van der Waals surface area (Å²) in [5.41, 5.74) is 1.87. The van der Waals surface area contributed by atoms with Gasteiger partial charge in [-0.3, -0.25) is 0 Å². The summed E-state index contributed by atoms with van der Waals surface area (Å²) in [5.74, 6) is 0. The lowest BCUT2D eigenvalue weighted by molar-refractivity contribution is 0.169. The number of hydrazine groups is 1. The van der Waals surface area contributed by atoms with Crippen molar-refractivity contribution >= 4 is 43.4 Å². The number of hydrogen-bond acceptors (Lipinski definition) is 5. The first-order chi connectivity index (χ1) is 6.95. The smallest absolute Gasteiger partial charge is 0.422 e. The zero-order chi connectivity index (χ0) is 11.5. The average Bonchev–Trinajstić information content (AvgIpc) is 2.62. The van der Waals surface area contributed by atoms with Crippen molar-refractivity contribution in [1.82, 2.24) is 10.3 Å². The molecule has 0 spiro atoms. The molecule has 0 saturated heterocycles. The molecule has 0 atom stereocenters. The Balaban J connectivity index is 2.72. The normalized spacial score (nSPS) is 11.1. The van der Waals surface area contributed by atoms with Gasteiger partial charge in [0.15, 0.2) is 0 Å². The first-order valence-corrected chi connectivity index (χ1v) is 6.66. The maximum atomic E-state index is 11.5. The molecule has 0 aliphatic carbocycles. The topological polar surface area (TPSA) is 84.5 Å². The van der Waals surface area contributed by atoms with Crippen LogP contribution in [0.3, 0.4) is 0 Å². The van der Waals surface area contributed by atoms with Crippen molar-refractivity contribution in [2.24, 2.45) is 0 Å². The number of thiophene rings is 1. The molecule has 0 bridgehead atoms. The fourth-order valence-electron chi connectivity index (χ4n) is 0.652. The first kappa shape index (κ1) is 12.4. The van der Waals surface area contributed by atoms with Gasteiger partial charge in [-0.1, -0.05) is 0 Å². The van der Waals surface area contributed by atoms with E-state index in [9.17, 15) is 13.2 Å². The van der Waals surface area contributed by atoms with Gasteiger partial charge in [-0.15, -0.1) is 16.2 Å². The molecular weight excluding hydrogens is 308 g/mol. The monoisotopic (exact) mass is 314 g/mol. The minimum absolute atomic E-state index is 0.0887. The molecule has 0 saturated carbocycles. The van der Waals surface area contributed by atoms with Gasteiger partial charge >= 0.3 is 6.09 Å². The summed E-state index contributed by atoms with van der Waals surface area (Å²) in [6.07, 6.45) is -0.880. The highest BCUT2D eigenvalue weighted by atomic mass is 79.9. The van der Waals surface area contributed by atoms with Gasteiger partial charge in [-0.25, -0.2) is 18.6 Å². The summed E-state index contributed by atoms with van der Waals surface area (Å²) in [5, 5.41) is 0. The van der Waals surface area contributed by atoms with Gasteiger partial charge in [-0.05, 0) is 28.1 Å². The Kier molecular flexibility index (Phi) is 4.08. The summed E-state index contributed by atoms with van der Waals surface area (Å²) in [6.45, 7) is 0. The lowest BCUT2D eigenvalue weighted by Crippen LogP contribution is -2.41. The molecule has 1 aromatic heterocycles. The Morgan fingerprint density at radius 3 is 2.67 bits per heavy atom. The number of carbonyl (C=O) groups excluding carboxylic acids is 1. The van der Waals surface area contributed by atoms with Crippen molar-refractivity contribution in [3.8, 4) is 0 Å². The third kappa shape index (κ3) is 3.45. The Morgan fingerprint density at radius 1 is 1.53 bits per heavy atom. The number of sulfonamides is 1. The highest BCUT2D eigenvalue weighted by molar-refractivity contribution is 9.11. The third-order valence-corrected chi connectivity index (χ3v) is 4.65. The molecule has 15 heavy (non-hydrogen) atoms. The SMILES string of the molecule is COC(=O)NNS(=O)(=O)c1ccc(Br)s1. The quantitative estimate of drug-likeness (QED) is 0.817. The molecule has 1 amide bonds. The summed E-state index contributed by atoms with van der Waals surface area (Å²) in [6, 6.07) is 3.01. The number of halogens is 1. The van der Waals surface area contributed by atoms with Gasteiger partial charge in [0.25, 0.3) is 10.0 Å². The Morgan fingerprint density at radius 2 is 2.20 bits per heavy atom. The van der Waals surface area contributed by atoms with Crippen LogP contribution in [0.4, 0.5) is 4.79 Å². The number of hydrogen-bond donors (Lipinski definition) is 2. The maximum Gasteiger partial charge on any atom is 0.422 e. The van der Waals surface area contributed by atoms with E-state index in [1.807, 2.05) is 10.3 Å². The molecule has 0 radical (unpaired) electrons. The standard InChI is InChI=1S/C6H7BrN2O4S2/c1-13-6(10)8-9-15(11,12)5-3-2-4(7)14-5/h2-3,9H,1H3,(H,8,10). The maximum absolute atomic E-state index is 11.5. The molecule has 0 aliphatic rings. The Labute approximate surface area is 98.8 Å². The van der Waals surface area contributed by atoms with Gasteiger partial charge < -0.3 is 4.74 Å². The average molecular weight is 315 g/mol. The highest BCUT2D eigenvalue weighted by Crippen LogP contribution is 2.25. The van der Waals surface area contributed by atoms with Crippen LogP contribution in [0, 0.1) is 0 Å². The Bertz CT molecular complexity index is 455. The minimum Gasteiger partial charge on any atom is -0.452 e. The lowest BCUT2D eigenvalue weighted by atomic mass is 10.7. The summed E-state index contributed by atoms with van der Waals surface area (Å²) in [7, 11) is -2.59. The molecule has 6 nitrogen and oxygen atoms in total. The molecule has 1 rings (SSSR count). The fourth-order valence-corrected chi connectivity index (χ4v) is 3.49. The van der Waals surface area contributed by atoms with E-state index in [0.29, 0.717) is 3.79 Å². The number of amides is 1. The van der Waals surface area contributed by atoms with Crippen molar-refractivity contribution in [3.63, 3.8) is 0 Å². The lowest BCUT2D eigenvalue weighted by Gasteiger charge is -2.04. The molecule has 9 heteroatoms. The third-order valence-electron chi connectivity index (χ3n) is 1.29. The number of rotatable bonds is 3. The van der Waals surface area contributed by atoms with Crippen molar-refractivity contribution in [3.05, 3.63) is 15.9 Å². The van der Waals surface area contributed by atoms with Crippen molar-refractivity contribution in [2.45, 2.75) is 4.21 Å². The van der Waals surface area contributed by atoms with Crippen LogP contribution in [0.5, 0.6) is 0 Å². The zero-order valence-corrected chi connectivity index (χ0v) is 10.7. The first-order valence-electron chi connectivity index (χ1n) is 3.57. The van der Waals surface area contributed by atoms with Crippen molar-refractivity contribution < 1.29 is 17.9 Å². The molecule has 0 unspecified atom stereocenters. The second-order valence-corrected chi connectivity index (χ2v) is 6.65. The second kappa shape index (κ2) is 4.92. The molecule has 2 N–H and O–H groups in total. The molecule has 1 heterocycles. The molecule has 0 fully saturated rings. The van der Waals surface area contributed by atoms with Crippen LogP contribution in [0.2, 0.25) is 0 Å². The van der Waals surface area contributed by atoms with Crippen LogP contribution >= 0.6 is 27.3 Å². The van der Waals surface area contributed by atoms with E-state index in [1.165, 1.54) is 6.07 Å². The molecule has 0 aromatic carbocycles. The van der Waals surface area contributed by atoms with E-state index in [1.54, 1.807) is 6.07 Å². The second-order valence-electron chi connectivity index (χ2n) is 2.28. The number of carbonyl (C=O) groups is 1. The van der Waals surface area contributed by atoms with Crippen LogP contribution in [0.25, 0.3) is 0 Å². The van der Waals surface area contributed by atoms with Crippen LogP contribution in [0.15, 0.2) is 20.1 Å². The van der Waals surface area contributed by atoms with Gasteiger partial charge in [0.2, 0.25) is 0 Å².